The molecule has 0 aliphatic rings. The van der Waals surface area contributed by atoms with Crippen LogP contribution in [0.15, 0.2) is 36.4 Å². The average Bonchev–Trinajstić information content (AvgIpc) is 2.88. The molecule has 0 aliphatic heterocycles. The molecule has 0 aliphatic carbocycles. The third-order valence-corrected chi connectivity index (χ3v) is 8.76. The lowest BCUT2D eigenvalue weighted by Crippen LogP contribution is -2.05. The quantitative estimate of drug-likeness (QED) is 0.268. The van der Waals surface area contributed by atoms with Crippen LogP contribution in [-0.4, -0.2) is 0 Å². The lowest BCUT2D eigenvalue weighted by atomic mass is 9.82. The Morgan fingerprint density at radius 3 is 0.895 bits per heavy atom. The number of hydrogen-bond acceptors (Lipinski definition) is 2. The van der Waals surface area contributed by atoms with E-state index >= 15 is 0 Å². The molecule has 38 heavy (non-hydrogen) atoms. The molecule has 4 rings (SSSR count). The first-order valence-corrected chi connectivity index (χ1v) is 13.5. The molecule has 0 atom stereocenters. The van der Waals surface area contributed by atoms with Crippen LogP contribution in [0.1, 0.15) is 66.8 Å². The predicted molar refractivity (Wildman–Crippen MR) is 162 cm³/mol. The molecule has 0 heterocycles. The molecule has 2 heteroatoms. The van der Waals surface area contributed by atoms with Gasteiger partial charge in [-0.05, 0) is 185 Å². The minimum absolute atomic E-state index is 0.887. The lowest BCUT2D eigenvalue weighted by Gasteiger charge is -2.26. The molecule has 0 amide bonds. The maximum absolute atomic E-state index is 6.52. The molecule has 0 N–H and O–H groups in total. The largest absolute Gasteiger partial charge is 0.457 e. The van der Waals surface area contributed by atoms with Gasteiger partial charge in [-0.15, -0.1) is 0 Å². The highest BCUT2D eigenvalue weighted by atomic mass is 16.5. The van der Waals surface area contributed by atoms with E-state index in [-0.39, 0.29) is 0 Å². The lowest BCUT2D eigenvalue weighted by molar-refractivity contribution is 0.473. The van der Waals surface area contributed by atoms with Crippen molar-refractivity contribution >= 4 is 0 Å². The number of hydrogen-bond donors (Lipinski definition) is 0. The van der Waals surface area contributed by atoms with Crippen LogP contribution in [0.25, 0.3) is 11.1 Å². The van der Waals surface area contributed by atoms with E-state index in [2.05, 4.69) is 119 Å². The fourth-order valence-electron chi connectivity index (χ4n) is 5.40. The van der Waals surface area contributed by atoms with E-state index in [0.717, 1.165) is 23.0 Å². The fraction of sp³-hybridized carbons (Fsp3) is 0.333. The van der Waals surface area contributed by atoms with Gasteiger partial charge < -0.3 is 9.47 Å². The van der Waals surface area contributed by atoms with Gasteiger partial charge in [-0.25, -0.2) is 0 Å². The summed E-state index contributed by atoms with van der Waals surface area (Å²) in [5, 5.41) is 0. The van der Waals surface area contributed by atoms with Crippen LogP contribution in [0.2, 0.25) is 0 Å². The normalized spacial score (nSPS) is 11.2. The predicted octanol–water partition coefficient (Wildman–Crippen LogP) is 10.6. The van der Waals surface area contributed by atoms with E-state index in [1.807, 2.05) is 0 Å². The van der Waals surface area contributed by atoms with Crippen LogP contribution in [0.4, 0.5) is 0 Å². The van der Waals surface area contributed by atoms with Gasteiger partial charge in [0.05, 0.1) is 0 Å². The molecular weight excluding hydrogens is 464 g/mol. The van der Waals surface area contributed by atoms with Crippen molar-refractivity contribution < 1.29 is 9.47 Å². The topological polar surface area (TPSA) is 18.5 Å². The summed E-state index contributed by atoms with van der Waals surface area (Å²) in [5.41, 5.74) is 17.4. The van der Waals surface area contributed by atoms with E-state index < -0.39 is 0 Å². The number of rotatable bonds is 5. The van der Waals surface area contributed by atoms with Crippen molar-refractivity contribution in [2.24, 2.45) is 0 Å². The molecule has 0 bridgehead atoms. The Kier molecular flexibility index (Phi) is 7.48. The van der Waals surface area contributed by atoms with E-state index in [9.17, 15) is 0 Å². The summed E-state index contributed by atoms with van der Waals surface area (Å²) in [5.74, 6) is 3.70. The molecule has 0 fully saturated rings. The molecule has 0 unspecified atom stereocenters. The standard InChI is InChI=1S/C36H42O2/c1-19-13-15-31(17-21(19)3)37-35-27(9)23(5)33(24(6)28(35)10)34-25(7)29(11)36(30(12)26(34)8)38-32-16-14-20(2)22(4)18-32/h13-18H,1-12H3. The van der Waals surface area contributed by atoms with E-state index in [1.165, 1.54) is 77.9 Å². The summed E-state index contributed by atoms with van der Waals surface area (Å²) < 4.78 is 13.0. The van der Waals surface area contributed by atoms with Gasteiger partial charge in [0.1, 0.15) is 23.0 Å². The maximum Gasteiger partial charge on any atom is 0.133 e. The molecular formula is C36H42O2. The van der Waals surface area contributed by atoms with Crippen molar-refractivity contribution in [1.82, 2.24) is 0 Å². The second kappa shape index (κ2) is 10.3. The SMILES string of the molecule is Cc1ccc(Oc2c(C)c(C)c(-c3c(C)c(C)c(Oc4ccc(C)c(C)c4)c(C)c3C)c(C)c2C)cc1C. The van der Waals surface area contributed by atoms with Gasteiger partial charge in [0.25, 0.3) is 0 Å². The van der Waals surface area contributed by atoms with E-state index in [1.54, 1.807) is 0 Å². The zero-order valence-electron chi connectivity index (χ0n) is 25.3. The van der Waals surface area contributed by atoms with Crippen molar-refractivity contribution in [2.45, 2.75) is 83.1 Å². The highest BCUT2D eigenvalue weighted by Gasteiger charge is 2.24. The van der Waals surface area contributed by atoms with Crippen LogP contribution in [0, 0.1) is 83.1 Å². The summed E-state index contributed by atoms with van der Waals surface area (Å²) in [4.78, 5) is 0. The number of benzene rings is 4. The maximum atomic E-state index is 6.52. The first-order chi connectivity index (χ1) is 17.8. The molecule has 198 valence electrons. The van der Waals surface area contributed by atoms with Gasteiger partial charge in [0.15, 0.2) is 0 Å². The van der Waals surface area contributed by atoms with Gasteiger partial charge >= 0.3 is 0 Å². The monoisotopic (exact) mass is 506 g/mol. The van der Waals surface area contributed by atoms with Crippen molar-refractivity contribution in [3.05, 3.63) is 103 Å². The summed E-state index contributed by atoms with van der Waals surface area (Å²) >= 11 is 0. The molecule has 0 aromatic heterocycles. The van der Waals surface area contributed by atoms with E-state index in [0.29, 0.717) is 0 Å². The van der Waals surface area contributed by atoms with Crippen molar-refractivity contribution in [1.29, 1.82) is 0 Å². The first kappa shape index (κ1) is 27.5. The second-order valence-electron chi connectivity index (χ2n) is 11.1. The zero-order chi connectivity index (χ0) is 28.0. The Balaban J connectivity index is 1.85. The Labute approximate surface area is 229 Å². The Bertz CT molecular complexity index is 1390. The van der Waals surface area contributed by atoms with Crippen LogP contribution in [0.3, 0.4) is 0 Å². The fourth-order valence-corrected chi connectivity index (χ4v) is 5.40. The summed E-state index contributed by atoms with van der Waals surface area (Å²) in [6.07, 6.45) is 0. The molecule has 0 spiro atoms. The molecule has 2 nitrogen and oxygen atoms in total. The van der Waals surface area contributed by atoms with Gasteiger partial charge in [-0.1, -0.05) is 12.1 Å². The zero-order valence-corrected chi connectivity index (χ0v) is 25.3. The first-order valence-electron chi connectivity index (χ1n) is 13.5. The summed E-state index contributed by atoms with van der Waals surface area (Å²) in [6, 6.07) is 12.6. The van der Waals surface area contributed by atoms with Gasteiger partial charge in [0, 0.05) is 0 Å². The average molecular weight is 507 g/mol. The number of ether oxygens (including phenoxy) is 2. The smallest absolute Gasteiger partial charge is 0.133 e. The molecule has 4 aromatic carbocycles. The van der Waals surface area contributed by atoms with Gasteiger partial charge in [0.2, 0.25) is 0 Å². The third-order valence-electron chi connectivity index (χ3n) is 8.76. The minimum atomic E-state index is 0.887. The summed E-state index contributed by atoms with van der Waals surface area (Å²) in [7, 11) is 0. The Morgan fingerprint density at radius 2 is 0.632 bits per heavy atom. The highest BCUT2D eigenvalue weighted by Crippen LogP contribution is 2.46. The van der Waals surface area contributed by atoms with Crippen molar-refractivity contribution in [3.63, 3.8) is 0 Å². The van der Waals surface area contributed by atoms with Crippen molar-refractivity contribution in [2.75, 3.05) is 0 Å². The molecule has 0 saturated carbocycles. The highest BCUT2D eigenvalue weighted by molar-refractivity contribution is 5.83. The van der Waals surface area contributed by atoms with Crippen molar-refractivity contribution in [3.8, 4) is 34.1 Å². The van der Waals surface area contributed by atoms with Crippen LogP contribution in [-0.2, 0) is 0 Å². The van der Waals surface area contributed by atoms with Gasteiger partial charge in [-0.3, -0.25) is 0 Å². The van der Waals surface area contributed by atoms with Crippen LogP contribution >= 0.6 is 0 Å². The second-order valence-corrected chi connectivity index (χ2v) is 11.1. The summed E-state index contributed by atoms with van der Waals surface area (Å²) in [6.45, 7) is 26.2. The molecule has 4 aromatic rings. The van der Waals surface area contributed by atoms with Crippen LogP contribution in [0.5, 0.6) is 23.0 Å². The van der Waals surface area contributed by atoms with Crippen LogP contribution < -0.4 is 9.47 Å². The number of aryl methyl sites for hydroxylation is 4. The molecule has 0 saturated heterocycles. The van der Waals surface area contributed by atoms with Gasteiger partial charge in [-0.2, -0.15) is 0 Å². The van der Waals surface area contributed by atoms with E-state index in [4.69, 9.17) is 9.47 Å². The minimum Gasteiger partial charge on any atom is -0.457 e. The Hall–Kier alpha value is -3.52. The Morgan fingerprint density at radius 1 is 0.342 bits per heavy atom. The third kappa shape index (κ3) is 4.73. The molecule has 0 radical (unpaired) electrons.